The summed E-state index contributed by atoms with van der Waals surface area (Å²) in [4.78, 5) is 11.9. The van der Waals surface area contributed by atoms with Gasteiger partial charge in [-0.15, -0.1) is 0 Å². The number of phenols is 1. The van der Waals surface area contributed by atoms with Gasteiger partial charge in [-0.3, -0.25) is 4.79 Å². The van der Waals surface area contributed by atoms with Crippen LogP contribution >= 0.6 is 0 Å². The van der Waals surface area contributed by atoms with Crippen LogP contribution in [0, 0.1) is 11.7 Å². The third-order valence-corrected chi connectivity index (χ3v) is 5.28. The lowest BCUT2D eigenvalue weighted by Crippen LogP contribution is -2.49. The number of para-hydroxylation sites is 1. The molecule has 0 aliphatic rings. The zero-order valence-corrected chi connectivity index (χ0v) is 15.3. The van der Waals surface area contributed by atoms with E-state index in [9.17, 15) is 22.7 Å². The number of carbonyl (C=O) groups excluding carboxylic acids is 1. The average Bonchev–Trinajstić information content (AvgIpc) is 2.59. The fourth-order valence-electron chi connectivity index (χ4n) is 2.34. The van der Waals surface area contributed by atoms with Crippen molar-refractivity contribution in [1.82, 2.24) is 10.0 Å². The Morgan fingerprint density at radius 1 is 1.12 bits per heavy atom. The fraction of sp³-hybridized carbons (Fsp3) is 0.278. The number of hydrogen-bond acceptors (Lipinski definition) is 4. The average molecular weight is 380 g/mol. The van der Waals surface area contributed by atoms with Gasteiger partial charge in [0.1, 0.15) is 22.5 Å². The highest BCUT2D eigenvalue weighted by atomic mass is 32.2. The van der Waals surface area contributed by atoms with Crippen LogP contribution in [-0.2, 0) is 21.4 Å². The topological polar surface area (TPSA) is 95.5 Å². The van der Waals surface area contributed by atoms with E-state index in [4.69, 9.17) is 0 Å². The minimum Gasteiger partial charge on any atom is -0.508 e. The van der Waals surface area contributed by atoms with Crippen LogP contribution in [0.3, 0.4) is 0 Å². The third kappa shape index (κ3) is 4.80. The second-order valence-electron chi connectivity index (χ2n) is 6.12. The molecule has 140 valence electrons. The van der Waals surface area contributed by atoms with Crippen LogP contribution in [0.1, 0.15) is 19.4 Å². The number of rotatable bonds is 7. The summed E-state index contributed by atoms with van der Waals surface area (Å²) >= 11 is 0. The van der Waals surface area contributed by atoms with Crippen molar-refractivity contribution in [3.8, 4) is 5.75 Å². The molecule has 0 spiro atoms. The SMILES string of the molecule is CC(C)[C@H](NS(=O)(=O)c1ccccc1F)C(=O)NCc1ccccc1O. The Morgan fingerprint density at radius 3 is 2.35 bits per heavy atom. The van der Waals surface area contributed by atoms with Gasteiger partial charge in [-0.25, -0.2) is 12.8 Å². The van der Waals surface area contributed by atoms with E-state index in [0.29, 0.717) is 5.56 Å². The normalized spacial score (nSPS) is 12.8. The van der Waals surface area contributed by atoms with Crippen molar-refractivity contribution in [2.75, 3.05) is 0 Å². The number of carbonyl (C=O) groups is 1. The van der Waals surface area contributed by atoms with Crippen LogP contribution in [0.4, 0.5) is 4.39 Å². The Bertz CT molecular complexity index is 884. The van der Waals surface area contributed by atoms with Crippen molar-refractivity contribution in [2.24, 2.45) is 5.92 Å². The van der Waals surface area contributed by atoms with Gasteiger partial charge in [0.05, 0.1) is 0 Å². The van der Waals surface area contributed by atoms with Gasteiger partial charge in [0.15, 0.2) is 0 Å². The van der Waals surface area contributed by atoms with Gasteiger partial charge in [0.25, 0.3) is 0 Å². The quantitative estimate of drug-likeness (QED) is 0.686. The molecule has 2 aromatic carbocycles. The minimum absolute atomic E-state index is 0.0286. The monoisotopic (exact) mass is 380 g/mol. The Labute approximate surface area is 152 Å². The molecule has 8 heteroatoms. The van der Waals surface area contributed by atoms with Crippen molar-refractivity contribution in [3.05, 3.63) is 59.9 Å². The van der Waals surface area contributed by atoms with Crippen LogP contribution in [-0.4, -0.2) is 25.5 Å². The molecule has 6 nitrogen and oxygen atoms in total. The maximum absolute atomic E-state index is 13.8. The van der Waals surface area contributed by atoms with Crippen molar-refractivity contribution < 1.29 is 22.7 Å². The van der Waals surface area contributed by atoms with Crippen molar-refractivity contribution in [1.29, 1.82) is 0 Å². The third-order valence-electron chi connectivity index (χ3n) is 3.80. The van der Waals surface area contributed by atoms with Gasteiger partial charge in [0, 0.05) is 12.1 Å². The first-order valence-corrected chi connectivity index (χ1v) is 9.52. The number of amides is 1. The standard InChI is InChI=1S/C18H21FN2O4S/c1-12(2)17(18(23)20-11-13-7-3-5-9-15(13)22)21-26(24,25)16-10-6-4-8-14(16)19/h3-10,12,17,21-22H,11H2,1-2H3,(H,20,23)/t17-/m0/s1. The van der Waals surface area contributed by atoms with Crippen LogP contribution in [0.25, 0.3) is 0 Å². The summed E-state index contributed by atoms with van der Waals surface area (Å²) in [5, 5.41) is 12.3. The highest BCUT2D eigenvalue weighted by Gasteiger charge is 2.29. The van der Waals surface area contributed by atoms with Gasteiger partial charge in [-0.05, 0) is 24.1 Å². The van der Waals surface area contributed by atoms with Crippen molar-refractivity contribution >= 4 is 15.9 Å². The summed E-state index contributed by atoms with van der Waals surface area (Å²) in [6.45, 7) is 3.39. The summed E-state index contributed by atoms with van der Waals surface area (Å²) in [6, 6.07) is 10.4. The van der Waals surface area contributed by atoms with Crippen molar-refractivity contribution in [3.63, 3.8) is 0 Å². The first-order chi connectivity index (χ1) is 12.2. The number of aromatic hydroxyl groups is 1. The number of sulfonamides is 1. The molecule has 0 fully saturated rings. The van der Waals surface area contributed by atoms with E-state index in [1.165, 1.54) is 18.2 Å². The predicted molar refractivity (Wildman–Crippen MR) is 95.3 cm³/mol. The molecular formula is C18H21FN2O4S. The first kappa shape index (κ1) is 19.9. The first-order valence-electron chi connectivity index (χ1n) is 8.04. The molecule has 0 aliphatic carbocycles. The van der Waals surface area contributed by atoms with Gasteiger partial charge in [-0.2, -0.15) is 4.72 Å². The van der Waals surface area contributed by atoms with Crippen LogP contribution in [0.2, 0.25) is 0 Å². The molecule has 1 atom stereocenters. The lowest BCUT2D eigenvalue weighted by molar-refractivity contribution is -0.123. The van der Waals surface area contributed by atoms with Gasteiger partial charge >= 0.3 is 0 Å². The van der Waals surface area contributed by atoms with E-state index in [2.05, 4.69) is 10.0 Å². The van der Waals surface area contributed by atoms with E-state index < -0.39 is 32.7 Å². The molecule has 0 heterocycles. The molecule has 0 aromatic heterocycles. The summed E-state index contributed by atoms with van der Waals surface area (Å²) < 4.78 is 40.9. The largest absolute Gasteiger partial charge is 0.508 e. The minimum atomic E-state index is -4.21. The molecule has 0 bridgehead atoms. The van der Waals surface area contributed by atoms with E-state index in [-0.39, 0.29) is 18.2 Å². The molecule has 0 saturated carbocycles. The lowest BCUT2D eigenvalue weighted by atomic mass is 10.0. The second-order valence-corrected chi connectivity index (χ2v) is 7.80. The Kier molecular flexibility index (Phi) is 6.33. The number of halogens is 1. The molecule has 3 N–H and O–H groups in total. The fourth-order valence-corrected chi connectivity index (χ4v) is 3.76. The van der Waals surface area contributed by atoms with Crippen LogP contribution in [0.15, 0.2) is 53.4 Å². The zero-order valence-electron chi connectivity index (χ0n) is 14.4. The maximum Gasteiger partial charge on any atom is 0.244 e. The van der Waals surface area contributed by atoms with Crippen molar-refractivity contribution in [2.45, 2.75) is 31.3 Å². The predicted octanol–water partition coefficient (Wildman–Crippen LogP) is 2.15. The van der Waals surface area contributed by atoms with Gasteiger partial charge < -0.3 is 10.4 Å². The highest BCUT2D eigenvalue weighted by Crippen LogP contribution is 2.17. The molecule has 0 radical (unpaired) electrons. The van der Waals surface area contributed by atoms with Gasteiger partial charge in [-0.1, -0.05) is 44.2 Å². The highest BCUT2D eigenvalue weighted by molar-refractivity contribution is 7.89. The Balaban J connectivity index is 2.14. The Hall–Kier alpha value is -2.45. The van der Waals surface area contributed by atoms with Gasteiger partial charge in [0.2, 0.25) is 15.9 Å². The number of benzene rings is 2. The molecule has 2 aromatic rings. The van der Waals surface area contributed by atoms with E-state index >= 15 is 0 Å². The smallest absolute Gasteiger partial charge is 0.244 e. The molecule has 0 saturated heterocycles. The molecule has 1 amide bonds. The molecule has 0 unspecified atom stereocenters. The summed E-state index contributed by atoms with van der Waals surface area (Å²) in [7, 11) is -4.21. The van der Waals surface area contributed by atoms with Crippen LogP contribution in [0.5, 0.6) is 5.75 Å². The maximum atomic E-state index is 13.8. The summed E-state index contributed by atoms with van der Waals surface area (Å²) in [6.07, 6.45) is 0. The number of nitrogens with one attached hydrogen (secondary N) is 2. The number of hydrogen-bond donors (Lipinski definition) is 3. The molecule has 0 aliphatic heterocycles. The van der Waals surface area contributed by atoms with E-state index in [1.54, 1.807) is 32.0 Å². The van der Waals surface area contributed by atoms with E-state index in [1.807, 2.05) is 0 Å². The lowest BCUT2D eigenvalue weighted by Gasteiger charge is -2.22. The van der Waals surface area contributed by atoms with E-state index in [0.717, 1.165) is 12.1 Å². The Morgan fingerprint density at radius 2 is 1.73 bits per heavy atom. The molecule has 26 heavy (non-hydrogen) atoms. The summed E-state index contributed by atoms with van der Waals surface area (Å²) in [5.41, 5.74) is 0.500. The zero-order chi connectivity index (χ0) is 19.3. The molecule has 2 rings (SSSR count). The summed E-state index contributed by atoms with van der Waals surface area (Å²) in [5.74, 6) is -1.80. The second kappa shape index (κ2) is 8.29. The van der Waals surface area contributed by atoms with Crippen LogP contribution < -0.4 is 10.0 Å². The number of phenolic OH excluding ortho intramolecular Hbond substituents is 1. The molecular weight excluding hydrogens is 359 g/mol.